The molecule has 6 atom stereocenters. The molecule has 2 aliphatic rings. The second-order valence-corrected chi connectivity index (χ2v) is 15.6. The van der Waals surface area contributed by atoms with E-state index in [1.54, 1.807) is 66.7 Å². The molecule has 1 saturated carbocycles. The van der Waals surface area contributed by atoms with Crippen LogP contribution in [0, 0.1) is 11.3 Å². The number of anilines is 1. The molecule has 0 radical (unpaired) electrons. The van der Waals surface area contributed by atoms with Crippen LogP contribution in [-0.2, 0) is 32.8 Å². The van der Waals surface area contributed by atoms with Crippen molar-refractivity contribution in [1.29, 1.82) is 5.26 Å². The lowest BCUT2D eigenvalue weighted by Crippen LogP contribution is -2.50. The van der Waals surface area contributed by atoms with Crippen molar-refractivity contribution in [1.82, 2.24) is 19.7 Å². The molecule has 3 heterocycles. The summed E-state index contributed by atoms with van der Waals surface area (Å²) in [6.07, 6.45) is 0.616. The molecule has 3 aromatic carbocycles. The predicted molar refractivity (Wildman–Crippen MR) is 207 cm³/mol. The Labute approximate surface area is 333 Å². The van der Waals surface area contributed by atoms with Gasteiger partial charge >= 0.3 is 25.7 Å². The van der Waals surface area contributed by atoms with Crippen molar-refractivity contribution in [3.8, 4) is 11.8 Å². The number of nitrogens with two attached hydrogens (primary N) is 1. The number of aromatic nitrogens is 3. The molecule has 7 rings (SSSR count). The number of nitriles is 1. The fourth-order valence-corrected chi connectivity index (χ4v) is 8.40. The van der Waals surface area contributed by atoms with E-state index in [9.17, 15) is 24.2 Å². The predicted octanol–water partition coefficient (Wildman–Crippen LogP) is 6.15. The standard InChI is InChI=1S/C41H41N6O10P/c1-27(38(48)53-30-18-10-4-11-19-30)46-58(51,57-31-20-12-5-13-21-31)52-25-41(24-42)36(55-40(50)29-16-8-3-9-17-29)35(54-39(49)28-14-6-2-7-15-28)34(56-41)32-22-23-33-37(43)44-26-45-47(32)33/h2-3,5-9,12-17,20-23,26-27,30,34-36H,4,10-11,18-19,25H2,1H3,(H,46,51)(H2,43,44,45)/t27-,34-,35-,36-,41+,58-/m0/s1. The van der Waals surface area contributed by atoms with Gasteiger partial charge < -0.3 is 29.2 Å². The highest BCUT2D eigenvalue weighted by Gasteiger charge is 2.62. The van der Waals surface area contributed by atoms with Crippen LogP contribution in [0.5, 0.6) is 5.75 Å². The molecule has 0 amide bonds. The van der Waals surface area contributed by atoms with Gasteiger partial charge in [-0.2, -0.15) is 15.4 Å². The third kappa shape index (κ3) is 8.88. The van der Waals surface area contributed by atoms with E-state index in [0.29, 0.717) is 18.4 Å². The number of fused-ring (bicyclic) bond motifs is 1. The maximum atomic E-state index is 14.8. The molecule has 16 nitrogen and oxygen atoms in total. The van der Waals surface area contributed by atoms with Crippen LogP contribution in [0.1, 0.15) is 71.5 Å². The number of carbonyl (C=O) groups is 3. The number of para-hydroxylation sites is 1. The molecule has 300 valence electrons. The Morgan fingerprint density at radius 1 is 0.914 bits per heavy atom. The summed E-state index contributed by atoms with van der Waals surface area (Å²) in [5, 5.41) is 18.1. The number of hydrogen-bond donors (Lipinski definition) is 2. The topological polar surface area (TPSA) is 216 Å². The first kappa shape index (κ1) is 40.1. The second kappa shape index (κ2) is 17.6. The van der Waals surface area contributed by atoms with E-state index in [1.807, 2.05) is 0 Å². The van der Waals surface area contributed by atoms with E-state index < -0.39 is 62.2 Å². The summed E-state index contributed by atoms with van der Waals surface area (Å²) in [7, 11) is -4.62. The van der Waals surface area contributed by atoms with Crippen LogP contribution in [0.3, 0.4) is 0 Å². The van der Waals surface area contributed by atoms with Crippen LogP contribution in [0.15, 0.2) is 109 Å². The Hall–Kier alpha value is -6.11. The molecule has 5 aromatic rings. The van der Waals surface area contributed by atoms with Crippen molar-refractivity contribution in [2.45, 2.75) is 75.1 Å². The van der Waals surface area contributed by atoms with Crippen molar-refractivity contribution < 1.29 is 46.9 Å². The summed E-state index contributed by atoms with van der Waals surface area (Å²) >= 11 is 0. The number of rotatable bonds is 14. The van der Waals surface area contributed by atoms with E-state index in [1.165, 1.54) is 54.2 Å². The normalized spacial score (nSPS) is 22.2. The van der Waals surface area contributed by atoms with E-state index in [4.69, 9.17) is 33.7 Å². The smallest absolute Gasteiger partial charge is 0.459 e. The Kier molecular flexibility index (Phi) is 12.2. The first-order chi connectivity index (χ1) is 28.1. The highest BCUT2D eigenvalue weighted by Crippen LogP contribution is 2.50. The van der Waals surface area contributed by atoms with Crippen LogP contribution in [0.4, 0.5) is 5.82 Å². The minimum atomic E-state index is -4.62. The van der Waals surface area contributed by atoms with E-state index >= 15 is 0 Å². The number of nitrogens with zero attached hydrogens (tertiary/aromatic N) is 4. The molecule has 1 saturated heterocycles. The minimum Gasteiger partial charge on any atom is -0.461 e. The monoisotopic (exact) mass is 808 g/mol. The zero-order valence-corrected chi connectivity index (χ0v) is 32.3. The molecule has 0 bridgehead atoms. The average Bonchev–Trinajstić information content (AvgIpc) is 3.81. The van der Waals surface area contributed by atoms with Gasteiger partial charge in [0.2, 0.25) is 5.60 Å². The van der Waals surface area contributed by atoms with Crippen LogP contribution in [0.2, 0.25) is 0 Å². The molecule has 1 aliphatic carbocycles. The van der Waals surface area contributed by atoms with E-state index in [2.05, 4.69) is 21.2 Å². The molecular formula is C41H41N6O10P. The molecular weight excluding hydrogens is 767 g/mol. The van der Waals surface area contributed by atoms with E-state index in [0.717, 1.165) is 19.3 Å². The number of esters is 3. The lowest BCUT2D eigenvalue weighted by Gasteiger charge is -2.31. The van der Waals surface area contributed by atoms with Gasteiger partial charge in [0, 0.05) is 0 Å². The van der Waals surface area contributed by atoms with Gasteiger partial charge in [0.15, 0.2) is 18.0 Å². The molecule has 0 spiro atoms. The van der Waals surface area contributed by atoms with Gasteiger partial charge in [-0.15, -0.1) is 0 Å². The molecule has 2 fully saturated rings. The summed E-state index contributed by atoms with van der Waals surface area (Å²) in [6.45, 7) is 0.556. The third-order valence-electron chi connectivity index (χ3n) is 9.84. The quantitative estimate of drug-likeness (QED) is 0.0730. The molecule has 3 N–H and O–H groups in total. The first-order valence-corrected chi connectivity index (χ1v) is 20.3. The second-order valence-electron chi connectivity index (χ2n) is 13.9. The fourth-order valence-electron chi connectivity index (χ4n) is 6.88. The van der Waals surface area contributed by atoms with Crippen molar-refractivity contribution in [3.63, 3.8) is 0 Å². The summed E-state index contributed by atoms with van der Waals surface area (Å²) < 4.78 is 52.5. The highest BCUT2D eigenvalue weighted by molar-refractivity contribution is 7.52. The van der Waals surface area contributed by atoms with Crippen molar-refractivity contribution in [3.05, 3.63) is 126 Å². The number of carbonyl (C=O) groups excluding carboxylic acids is 3. The molecule has 58 heavy (non-hydrogen) atoms. The number of nitrogens with one attached hydrogen (secondary N) is 1. The van der Waals surface area contributed by atoms with Crippen molar-refractivity contribution in [2.24, 2.45) is 0 Å². The van der Waals surface area contributed by atoms with Gasteiger partial charge in [0.05, 0.1) is 16.8 Å². The molecule has 17 heteroatoms. The average molecular weight is 809 g/mol. The zero-order chi connectivity index (χ0) is 40.7. The van der Waals surface area contributed by atoms with Gasteiger partial charge in [-0.05, 0) is 81.1 Å². The molecule has 2 aromatic heterocycles. The number of nitrogen functional groups attached to an aromatic ring is 1. The largest absolute Gasteiger partial charge is 0.461 e. The van der Waals surface area contributed by atoms with Crippen LogP contribution < -0.4 is 15.3 Å². The zero-order valence-electron chi connectivity index (χ0n) is 31.4. The maximum absolute atomic E-state index is 14.8. The Balaban J connectivity index is 1.27. The highest BCUT2D eigenvalue weighted by atomic mass is 31.2. The minimum absolute atomic E-state index is 0.112. The van der Waals surface area contributed by atoms with E-state index in [-0.39, 0.29) is 34.5 Å². The van der Waals surface area contributed by atoms with Gasteiger partial charge in [-0.25, -0.2) is 23.7 Å². The summed E-state index contributed by atoms with van der Waals surface area (Å²) in [5.41, 5.74) is 4.69. The lowest BCUT2D eigenvalue weighted by molar-refractivity contribution is -0.152. The SMILES string of the molecule is C[C@H](N[P@](=O)(OC[C@@]1(C#N)O[C@@H](c2ccc3c(N)ncnn23)[C@H](OC(=O)c2ccccc2)[C@@H]1OC(=O)c1ccccc1)Oc1ccccc1)C(=O)OC1CCCCC1. The summed E-state index contributed by atoms with van der Waals surface area (Å²) in [4.78, 5) is 44.9. The van der Waals surface area contributed by atoms with Gasteiger partial charge in [0.25, 0.3) is 0 Å². The van der Waals surface area contributed by atoms with Crippen LogP contribution >= 0.6 is 7.75 Å². The summed E-state index contributed by atoms with van der Waals surface area (Å²) in [6, 6.07) is 28.2. The van der Waals surface area contributed by atoms with Crippen molar-refractivity contribution >= 4 is 37.0 Å². The Morgan fingerprint density at radius 3 is 2.17 bits per heavy atom. The van der Waals surface area contributed by atoms with Gasteiger partial charge in [0.1, 0.15) is 48.5 Å². The number of hydrogen-bond acceptors (Lipinski definition) is 14. The van der Waals surface area contributed by atoms with Crippen LogP contribution in [0.25, 0.3) is 5.52 Å². The Bertz CT molecular complexity index is 2320. The summed E-state index contributed by atoms with van der Waals surface area (Å²) in [5.74, 6) is -2.15. The molecule has 0 unspecified atom stereocenters. The Morgan fingerprint density at radius 2 is 1.53 bits per heavy atom. The van der Waals surface area contributed by atoms with Crippen molar-refractivity contribution in [2.75, 3.05) is 12.3 Å². The first-order valence-electron chi connectivity index (χ1n) is 18.7. The third-order valence-corrected chi connectivity index (χ3v) is 11.5. The number of benzene rings is 3. The van der Waals surface area contributed by atoms with Gasteiger partial charge in [-0.3, -0.25) is 9.32 Å². The number of ether oxygens (including phenoxy) is 4. The van der Waals surface area contributed by atoms with Gasteiger partial charge in [-0.1, -0.05) is 61.0 Å². The lowest BCUT2D eigenvalue weighted by atomic mass is 9.95. The fraction of sp³-hybridized carbons (Fsp3) is 0.317. The van der Waals surface area contributed by atoms with Crippen LogP contribution in [-0.4, -0.2) is 69.1 Å². The molecule has 1 aliphatic heterocycles. The maximum Gasteiger partial charge on any atom is 0.459 e.